The highest BCUT2D eigenvalue weighted by Gasteiger charge is 2.36. The highest BCUT2D eigenvalue weighted by atomic mass is 32.2. The van der Waals surface area contributed by atoms with Crippen molar-refractivity contribution in [3.05, 3.63) is 41.5 Å². The van der Waals surface area contributed by atoms with Gasteiger partial charge in [-0.3, -0.25) is 0 Å². The van der Waals surface area contributed by atoms with Crippen molar-refractivity contribution in [3.8, 4) is 0 Å². The number of benzene rings is 1. The molecule has 0 bridgehead atoms. The zero-order valence-electron chi connectivity index (χ0n) is 13.6. The minimum atomic E-state index is -3.47. The number of sulfone groups is 1. The Balaban J connectivity index is 2.33. The van der Waals surface area contributed by atoms with Crippen LogP contribution in [-0.4, -0.2) is 24.8 Å². The average molecular weight is 321 g/mol. The van der Waals surface area contributed by atoms with Crippen LogP contribution in [0, 0.1) is 0 Å². The highest BCUT2D eigenvalue weighted by Crippen LogP contribution is 2.28. The van der Waals surface area contributed by atoms with Gasteiger partial charge in [0, 0.05) is 6.42 Å². The van der Waals surface area contributed by atoms with E-state index in [2.05, 4.69) is 5.16 Å². The van der Waals surface area contributed by atoms with Gasteiger partial charge in [0.25, 0.3) is 0 Å². The molecule has 0 fully saturated rings. The van der Waals surface area contributed by atoms with Crippen LogP contribution in [0.2, 0.25) is 0 Å². The molecule has 5 heteroatoms. The summed E-state index contributed by atoms with van der Waals surface area (Å²) in [6, 6.07) is 9.66. The number of rotatable bonds is 4. The summed E-state index contributed by atoms with van der Waals surface area (Å²) in [7, 11) is -3.47. The first-order chi connectivity index (χ1) is 10.2. The maximum Gasteiger partial charge on any atom is 0.199 e. The predicted octanol–water partition coefficient (Wildman–Crippen LogP) is 3.80. The lowest BCUT2D eigenvalue weighted by atomic mass is 10.0. The lowest BCUT2D eigenvalue weighted by Gasteiger charge is -2.14. The third kappa shape index (κ3) is 3.77. The van der Waals surface area contributed by atoms with E-state index < -0.39 is 15.4 Å². The van der Waals surface area contributed by atoms with Crippen LogP contribution >= 0.6 is 0 Å². The molecule has 2 rings (SSSR count). The fourth-order valence-corrected chi connectivity index (χ4v) is 4.03. The smallest absolute Gasteiger partial charge is 0.199 e. The van der Waals surface area contributed by atoms with Gasteiger partial charge in [-0.1, -0.05) is 48.0 Å². The molecule has 0 radical (unpaired) electrons. The first-order valence-electron chi connectivity index (χ1n) is 7.47. The summed E-state index contributed by atoms with van der Waals surface area (Å²) in [6.45, 7) is 7.69. The average Bonchev–Trinajstić information content (AvgIpc) is 2.86. The van der Waals surface area contributed by atoms with Crippen molar-refractivity contribution in [1.82, 2.24) is 0 Å². The first-order valence-corrected chi connectivity index (χ1v) is 9.12. The summed E-state index contributed by atoms with van der Waals surface area (Å²) in [5.41, 5.74) is 2.34. The molecule has 0 saturated heterocycles. The van der Waals surface area contributed by atoms with Crippen LogP contribution in [0.4, 0.5) is 0 Å². The number of nitrogens with zero attached hydrogens (tertiary/aromatic N) is 1. The van der Waals surface area contributed by atoms with E-state index in [0.29, 0.717) is 6.42 Å². The van der Waals surface area contributed by atoms with Gasteiger partial charge < -0.3 is 4.84 Å². The van der Waals surface area contributed by atoms with Gasteiger partial charge in [-0.2, -0.15) is 0 Å². The Morgan fingerprint density at radius 1 is 1.27 bits per heavy atom. The fourth-order valence-electron chi connectivity index (χ4n) is 2.35. The van der Waals surface area contributed by atoms with Crippen LogP contribution in [-0.2, 0) is 14.7 Å². The topological polar surface area (TPSA) is 55.7 Å². The fraction of sp³-hybridized carbons (Fsp3) is 0.471. The molecule has 0 spiro atoms. The molecule has 1 aromatic rings. The summed E-state index contributed by atoms with van der Waals surface area (Å²) < 4.78 is 25.4. The van der Waals surface area contributed by atoms with E-state index in [0.717, 1.165) is 23.1 Å². The van der Waals surface area contributed by atoms with E-state index in [1.54, 1.807) is 0 Å². The van der Waals surface area contributed by atoms with Gasteiger partial charge in [0.2, 0.25) is 0 Å². The van der Waals surface area contributed by atoms with Gasteiger partial charge in [-0.15, -0.1) is 0 Å². The molecule has 0 amide bonds. The standard InChI is InChI=1S/C17H23NO3S/c1-5-13(2)15(14-9-7-6-8-10-14)12-22(19,20)16-11-17(3,4)21-18-16/h6-10H,5,11-12H2,1-4H3. The van der Waals surface area contributed by atoms with Crippen molar-refractivity contribution in [2.45, 2.75) is 46.1 Å². The Morgan fingerprint density at radius 2 is 1.91 bits per heavy atom. The molecule has 4 nitrogen and oxygen atoms in total. The third-order valence-electron chi connectivity index (χ3n) is 3.83. The quantitative estimate of drug-likeness (QED) is 0.847. The Hall–Kier alpha value is -1.62. The van der Waals surface area contributed by atoms with Crippen molar-refractivity contribution >= 4 is 20.5 Å². The second-order valence-corrected chi connectivity index (χ2v) is 8.24. The summed E-state index contributed by atoms with van der Waals surface area (Å²) >= 11 is 0. The van der Waals surface area contributed by atoms with Gasteiger partial charge >= 0.3 is 0 Å². The van der Waals surface area contributed by atoms with Crippen LogP contribution in [0.3, 0.4) is 0 Å². The van der Waals surface area contributed by atoms with Crippen LogP contribution in [0.1, 0.15) is 46.1 Å². The minimum absolute atomic E-state index is 0.0328. The normalized spacial score (nSPS) is 18.5. The summed E-state index contributed by atoms with van der Waals surface area (Å²) in [6.07, 6.45) is 1.14. The van der Waals surface area contributed by atoms with Crippen LogP contribution in [0.15, 0.2) is 41.1 Å². The molecule has 1 aliphatic heterocycles. The second kappa shape index (κ2) is 6.24. The molecule has 120 valence electrons. The van der Waals surface area contributed by atoms with Gasteiger partial charge in [0.05, 0.1) is 5.75 Å². The lowest BCUT2D eigenvalue weighted by Crippen LogP contribution is -2.24. The SMILES string of the molecule is CCC(C)=C(CS(=O)(=O)C1=NOC(C)(C)C1)c1ccccc1. The highest BCUT2D eigenvalue weighted by molar-refractivity contribution is 8.06. The summed E-state index contributed by atoms with van der Waals surface area (Å²) in [4.78, 5) is 5.21. The summed E-state index contributed by atoms with van der Waals surface area (Å²) in [5, 5.41) is 3.95. The Bertz CT molecular complexity index is 701. The molecule has 0 atom stereocenters. The van der Waals surface area contributed by atoms with Crippen molar-refractivity contribution in [2.24, 2.45) is 5.16 Å². The molecule has 1 heterocycles. The van der Waals surface area contributed by atoms with Gasteiger partial charge in [-0.05, 0) is 38.3 Å². The predicted molar refractivity (Wildman–Crippen MR) is 90.3 cm³/mol. The van der Waals surface area contributed by atoms with Crippen LogP contribution in [0.25, 0.3) is 5.57 Å². The van der Waals surface area contributed by atoms with Crippen LogP contribution < -0.4 is 0 Å². The first kappa shape index (κ1) is 16.7. The molecule has 0 saturated carbocycles. The maximum atomic E-state index is 12.7. The number of hydrogen-bond acceptors (Lipinski definition) is 4. The molecule has 0 unspecified atom stereocenters. The van der Waals surface area contributed by atoms with E-state index in [-0.39, 0.29) is 10.8 Å². The second-order valence-electron chi connectivity index (χ2n) is 6.25. The van der Waals surface area contributed by atoms with E-state index in [9.17, 15) is 8.42 Å². The molecule has 22 heavy (non-hydrogen) atoms. The molecule has 1 aromatic carbocycles. The zero-order valence-corrected chi connectivity index (χ0v) is 14.4. The lowest BCUT2D eigenvalue weighted by molar-refractivity contribution is 0.0123. The van der Waals surface area contributed by atoms with Gasteiger partial charge in [0.1, 0.15) is 5.60 Å². The zero-order chi connectivity index (χ0) is 16.4. The van der Waals surface area contributed by atoms with Crippen molar-refractivity contribution in [3.63, 3.8) is 0 Å². The molecule has 0 N–H and O–H groups in total. The van der Waals surface area contributed by atoms with E-state index in [1.807, 2.05) is 58.0 Å². The third-order valence-corrected chi connectivity index (χ3v) is 5.44. The monoisotopic (exact) mass is 321 g/mol. The minimum Gasteiger partial charge on any atom is -0.389 e. The molecule has 0 aliphatic carbocycles. The number of allylic oxidation sites excluding steroid dienone is 1. The largest absolute Gasteiger partial charge is 0.389 e. The molecular formula is C17H23NO3S. The van der Waals surface area contributed by atoms with Crippen molar-refractivity contribution in [2.75, 3.05) is 5.75 Å². The molecular weight excluding hydrogens is 298 g/mol. The Kier molecular flexibility index (Phi) is 4.75. The van der Waals surface area contributed by atoms with Crippen molar-refractivity contribution in [1.29, 1.82) is 0 Å². The molecule has 0 aromatic heterocycles. The van der Waals surface area contributed by atoms with E-state index >= 15 is 0 Å². The Labute approximate surface area is 132 Å². The summed E-state index contributed by atoms with van der Waals surface area (Å²) in [5.74, 6) is -0.0328. The maximum absolute atomic E-state index is 12.7. The van der Waals surface area contributed by atoms with E-state index in [1.165, 1.54) is 0 Å². The number of oxime groups is 1. The number of hydrogen-bond donors (Lipinski definition) is 0. The Morgan fingerprint density at radius 3 is 2.41 bits per heavy atom. The van der Waals surface area contributed by atoms with Crippen LogP contribution in [0.5, 0.6) is 0 Å². The molecule has 1 aliphatic rings. The van der Waals surface area contributed by atoms with Gasteiger partial charge in [0.15, 0.2) is 14.9 Å². The van der Waals surface area contributed by atoms with Gasteiger partial charge in [-0.25, -0.2) is 8.42 Å². The van der Waals surface area contributed by atoms with Crippen molar-refractivity contribution < 1.29 is 13.3 Å². The van der Waals surface area contributed by atoms with E-state index in [4.69, 9.17) is 4.84 Å².